The molecule has 2 aliphatic heterocycles. The summed E-state index contributed by atoms with van der Waals surface area (Å²) >= 11 is 0. The molecule has 1 atom stereocenters. The quantitative estimate of drug-likeness (QED) is 0.440. The van der Waals surface area contributed by atoms with E-state index in [-0.39, 0.29) is 23.7 Å². The van der Waals surface area contributed by atoms with Gasteiger partial charge in [-0.1, -0.05) is 37.6 Å². The normalized spacial score (nSPS) is 19.4. The Morgan fingerprint density at radius 2 is 1.68 bits per heavy atom. The Labute approximate surface area is 223 Å². The molecule has 1 spiro atoms. The number of hydrogen-bond acceptors (Lipinski definition) is 5. The maximum absolute atomic E-state index is 14.1. The van der Waals surface area contributed by atoms with Crippen molar-refractivity contribution in [2.24, 2.45) is 0 Å². The molecule has 9 heteroatoms. The second-order valence-electron chi connectivity index (χ2n) is 10.0. The molecule has 2 saturated heterocycles. The largest absolute Gasteiger partial charge is 0.497 e. The summed E-state index contributed by atoms with van der Waals surface area (Å²) in [7, 11) is 3.58. The molecular weight excluding hydrogens is 492 g/mol. The predicted octanol–water partition coefficient (Wildman–Crippen LogP) is 4.86. The van der Waals surface area contributed by atoms with E-state index in [1.807, 2.05) is 41.1 Å². The molecule has 206 valence electrons. The van der Waals surface area contributed by atoms with Gasteiger partial charge in [0.15, 0.2) is 0 Å². The monoisotopic (exact) mass is 529 g/mol. The number of likely N-dealkylation sites (tertiary alicyclic amines) is 1. The van der Waals surface area contributed by atoms with Crippen molar-refractivity contribution in [3.8, 4) is 11.5 Å². The number of likely N-dealkylation sites (N-methyl/N-ethyl adjacent to an activating group) is 1. The fourth-order valence-electron chi connectivity index (χ4n) is 5.64. The van der Waals surface area contributed by atoms with Crippen LogP contribution in [0.25, 0.3) is 0 Å². The molecule has 0 radical (unpaired) electrons. The Bertz CT molecular complexity index is 1090. The van der Waals surface area contributed by atoms with Crippen LogP contribution in [0.2, 0.25) is 0 Å². The molecular formula is C29H37F2N3O4. The number of halogens is 2. The highest BCUT2D eigenvalue weighted by Gasteiger charge is 2.56. The maximum Gasteiger partial charge on any atom is 0.387 e. The zero-order valence-electron chi connectivity index (χ0n) is 22.4. The molecule has 1 unspecified atom stereocenters. The van der Waals surface area contributed by atoms with Crippen LogP contribution in [0.15, 0.2) is 48.5 Å². The first kappa shape index (κ1) is 27.8. The number of hydrogen-bond donors (Lipinski definition) is 0. The summed E-state index contributed by atoms with van der Waals surface area (Å²) in [5, 5.41) is 0. The highest BCUT2D eigenvalue weighted by atomic mass is 19.3. The minimum Gasteiger partial charge on any atom is -0.497 e. The Kier molecular flexibility index (Phi) is 8.87. The number of methoxy groups -OCH3 is 1. The van der Waals surface area contributed by atoms with Crippen LogP contribution >= 0.6 is 0 Å². The lowest BCUT2D eigenvalue weighted by Gasteiger charge is -2.42. The van der Waals surface area contributed by atoms with Gasteiger partial charge in [0.2, 0.25) is 11.8 Å². The van der Waals surface area contributed by atoms with E-state index in [0.717, 1.165) is 29.7 Å². The topological polar surface area (TPSA) is 62.3 Å². The summed E-state index contributed by atoms with van der Waals surface area (Å²) < 4.78 is 35.1. The lowest BCUT2D eigenvalue weighted by atomic mass is 9.85. The first-order valence-electron chi connectivity index (χ1n) is 13.3. The number of unbranched alkanes of at least 4 members (excludes halogenated alkanes) is 1. The van der Waals surface area contributed by atoms with Crippen molar-refractivity contribution in [2.75, 3.05) is 33.8 Å². The van der Waals surface area contributed by atoms with E-state index in [0.29, 0.717) is 45.3 Å². The molecule has 0 aliphatic carbocycles. The van der Waals surface area contributed by atoms with Crippen molar-refractivity contribution in [2.45, 2.75) is 63.8 Å². The van der Waals surface area contributed by atoms with Gasteiger partial charge < -0.3 is 19.3 Å². The van der Waals surface area contributed by atoms with Gasteiger partial charge in [0.25, 0.3) is 0 Å². The van der Waals surface area contributed by atoms with E-state index in [1.54, 1.807) is 19.2 Å². The van der Waals surface area contributed by atoms with Crippen molar-refractivity contribution in [3.05, 3.63) is 59.7 Å². The molecule has 2 aromatic rings. The van der Waals surface area contributed by atoms with E-state index in [2.05, 4.69) is 16.6 Å². The van der Waals surface area contributed by atoms with Gasteiger partial charge in [-0.25, -0.2) is 0 Å². The second kappa shape index (κ2) is 12.1. The number of ether oxygens (including phenoxy) is 2. The Hall–Kier alpha value is -3.20. The molecule has 2 heterocycles. The zero-order valence-corrected chi connectivity index (χ0v) is 22.4. The number of carbonyl (C=O) groups excluding carboxylic acids is 2. The van der Waals surface area contributed by atoms with Crippen LogP contribution in [0, 0.1) is 0 Å². The summed E-state index contributed by atoms with van der Waals surface area (Å²) in [5.74, 6) is 1.05. The fraction of sp³-hybridized carbons (Fsp3) is 0.517. The van der Waals surface area contributed by atoms with E-state index >= 15 is 0 Å². The van der Waals surface area contributed by atoms with Crippen LogP contribution in [0.5, 0.6) is 11.5 Å². The lowest BCUT2D eigenvalue weighted by molar-refractivity contribution is -0.140. The van der Waals surface area contributed by atoms with Crippen molar-refractivity contribution in [1.82, 2.24) is 14.7 Å². The van der Waals surface area contributed by atoms with Crippen LogP contribution in [0.3, 0.4) is 0 Å². The summed E-state index contributed by atoms with van der Waals surface area (Å²) in [6.07, 6.45) is 3.79. The Balaban J connectivity index is 1.57. The van der Waals surface area contributed by atoms with Gasteiger partial charge in [0, 0.05) is 26.1 Å². The second-order valence-corrected chi connectivity index (χ2v) is 10.0. The number of alkyl halides is 2. The standard InChI is InChI=1S/C29H37F2N3O4/c1-4-5-6-25(35)33-19-16-29(17-20-33)27(36)34(18-15-21-7-11-23(37-3)12-8-21)26(32(29)2)22-9-13-24(14-10-22)38-28(30)31/h7-14,26,28H,4-6,15-20H2,1-3H3. The maximum atomic E-state index is 14.1. The van der Waals surface area contributed by atoms with Crippen LogP contribution in [-0.2, 0) is 16.0 Å². The van der Waals surface area contributed by atoms with Crippen molar-refractivity contribution in [3.63, 3.8) is 0 Å². The van der Waals surface area contributed by atoms with Crippen molar-refractivity contribution in [1.29, 1.82) is 0 Å². The molecule has 38 heavy (non-hydrogen) atoms. The van der Waals surface area contributed by atoms with Crippen molar-refractivity contribution < 1.29 is 27.8 Å². The molecule has 4 rings (SSSR count). The van der Waals surface area contributed by atoms with Crippen LogP contribution in [0.4, 0.5) is 8.78 Å². The summed E-state index contributed by atoms with van der Waals surface area (Å²) in [6.45, 7) is 0.747. The first-order valence-corrected chi connectivity index (χ1v) is 13.3. The average molecular weight is 530 g/mol. The van der Waals surface area contributed by atoms with E-state index in [9.17, 15) is 18.4 Å². The van der Waals surface area contributed by atoms with E-state index in [4.69, 9.17) is 4.74 Å². The van der Waals surface area contributed by atoms with Crippen LogP contribution in [0.1, 0.15) is 56.3 Å². The van der Waals surface area contributed by atoms with Gasteiger partial charge in [-0.15, -0.1) is 0 Å². The third kappa shape index (κ3) is 5.77. The predicted molar refractivity (Wildman–Crippen MR) is 140 cm³/mol. The molecule has 2 fully saturated rings. The highest BCUT2D eigenvalue weighted by molar-refractivity contribution is 5.89. The van der Waals surface area contributed by atoms with E-state index < -0.39 is 12.2 Å². The minimum absolute atomic E-state index is 0.0482. The van der Waals surface area contributed by atoms with Gasteiger partial charge >= 0.3 is 6.61 Å². The van der Waals surface area contributed by atoms with Gasteiger partial charge in [0.05, 0.1) is 7.11 Å². The highest BCUT2D eigenvalue weighted by Crippen LogP contribution is 2.45. The third-order valence-electron chi connectivity index (χ3n) is 7.89. The van der Waals surface area contributed by atoms with Gasteiger partial charge in [-0.05, 0) is 68.1 Å². The molecule has 0 bridgehead atoms. The van der Waals surface area contributed by atoms with Gasteiger partial charge in [-0.3, -0.25) is 14.5 Å². The smallest absolute Gasteiger partial charge is 0.387 e. The molecule has 0 saturated carbocycles. The minimum atomic E-state index is -2.90. The first-order chi connectivity index (χ1) is 18.3. The number of amides is 2. The van der Waals surface area contributed by atoms with Gasteiger partial charge in [-0.2, -0.15) is 8.78 Å². The number of rotatable bonds is 10. The molecule has 0 aromatic heterocycles. The van der Waals surface area contributed by atoms with E-state index in [1.165, 1.54) is 12.1 Å². The number of carbonyl (C=O) groups is 2. The summed E-state index contributed by atoms with van der Waals surface area (Å²) in [6, 6.07) is 14.3. The molecule has 0 N–H and O–H groups in total. The Morgan fingerprint density at radius 1 is 1.05 bits per heavy atom. The molecule has 2 aliphatic rings. The molecule has 2 aromatic carbocycles. The molecule has 2 amide bonds. The number of benzene rings is 2. The fourth-order valence-corrected chi connectivity index (χ4v) is 5.64. The lowest BCUT2D eigenvalue weighted by Crippen LogP contribution is -2.56. The van der Waals surface area contributed by atoms with Crippen LogP contribution < -0.4 is 9.47 Å². The van der Waals surface area contributed by atoms with Crippen LogP contribution in [-0.4, -0.2) is 72.5 Å². The molecule has 7 nitrogen and oxygen atoms in total. The third-order valence-corrected chi connectivity index (χ3v) is 7.89. The zero-order chi connectivity index (χ0) is 27.3. The SMILES string of the molecule is CCCCC(=O)N1CCC2(CC1)C(=O)N(CCc1ccc(OC)cc1)C(c1ccc(OC(F)F)cc1)N2C. The van der Waals surface area contributed by atoms with Gasteiger partial charge in [0.1, 0.15) is 23.2 Å². The average Bonchev–Trinajstić information content (AvgIpc) is 3.12. The number of piperidine rings is 1. The number of nitrogens with zero attached hydrogens (tertiary/aromatic N) is 3. The van der Waals surface area contributed by atoms with Crippen molar-refractivity contribution >= 4 is 11.8 Å². The Morgan fingerprint density at radius 3 is 2.26 bits per heavy atom. The summed E-state index contributed by atoms with van der Waals surface area (Å²) in [4.78, 5) is 32.6. The summed E-state index contributed by atoms with van der Waals surface area (Å²) in [5.41, 5.74) is 1.19.